The molecule has 0 aliphatic heterocycles. The predicted octanol–water partition coefficient (Wildman–Crippen LogP) is 1.35. The third-order valence-corrected chi connectivity index (χ3v) is 3.15. The van der Waals surface area contributed by atoms with Crippen LogP contribution in [0.15, 0.2) is 10.9 Å². The molecule has 2 rings (SSSR count). The van der Waals surface area contributed by atoms with Crippen LogP contribution in [-0.4, -0.2) is 21.0 Å². The van der Waals surface area contributed by atoms with Gasteiger partial charge in [0.25, 0.3) is 5.56 Å². The molecule has 1 aromatic heterocycles. The standard InChI is InChI=1S/C11H18N2O2/c1-8-7-11(15)13(12-8)9-5-3-2-4-6-10(9)14/h7,9-10,12,14H,2-6H2,1H3. The SMILES string of the molecule is Cc1cc(=O)n(C2CCCCCC2O)[nH]1. The molecule has 84 valence electrons. The molecule has 0 radical (unpaired) electrons. The zero-order valence-corrected chi connectivity index (χ0v) is 9.07. The molecule has 1 saturated carbocycles. The van der Waals surface area contributed by atoms with E-state index in [-0.39, 0.29) is 17.7 Å². The Kier molecular flexibility index (Phi) is 2.95. The van der Waals surface area contributed by atoms with Crippen LogP contribution in [-0.2, 0) is 0 Å². The Bertz CT molecular complexity index is 380. The second kappa shape index (κ2) is 4.23. The third-order valence-electron chi connectivity index (χ3n) is 3.15. The molecule has 0 amide bonds. The maximum absolute atomic E-state index is 11.6. The normalized spacial score (nSPS) is 27.6. The van der Waals surface area contributed by atoms with Gasteiger partial charge in [0.15, 0.2) is 0 Å². The first kappa shape index (κ1) is 10.5. The molecular weight excluding hydrogens is 192 g/mol. The second-order valence-corrected chi connectivity index (χ2v) is 4.42. The lowest BCUT2D eigenvalue weighted by Gasteiger charge is -2.20. The van der Waals surface area contributed by atoms with Crippen LogP contribution < -0.4 is 5.56 Å². The number of H-pyrrole nitrogens is 1. The number of rotatable bonds is 1. The minimum atomic E-state index is -0.386. The van der Waals surface area contributed by atoms with Gasteiger partial charge in [-0.15, -0.1) is 0 Å². The highest BCUT2D eigenvalue weighted by atomic mass is 16.3. The molecule has 1 aliphatic carbocycles. The molecule has 0 spiro atoms. The molecule has 0 bridgehead atoms. The highest BCUT2D eigenvalue weighted by Gasteiger charge is 2.24. The van der Waals surface area contributed by atoms with Gasteiger partial charge in [-0.05, 0) is 19.8 Å². The van der Waals surface area contributed by atoms with E-state index in [1.165, 1.54) is 0 Å². The minimum Gasteiger partial charge on any atom is -0.391 e. The van der Waals surface area contributed by atoms with E-state index in [9.17, 15) is 9.90 Å². The lowest BCUT2D eigenvalue weighted by atomic mass is 10.1. The number of hydrogen-bond donors (Lipinski definition) is 2. The van der Waals surface area contributed by atoms with Crippen molar-refractivity contribution in [3.05, 3.63) is 22.1 Å². The van der Waals surface area contributed by atoms with E-state index >= 15 is 0 Å². The number of aliphatic hydroxyl groups excluding tert-OH is 1. The fraction of sp³-hybridized carbons (Fsp3) is 0.727. The maximum Gasteiger partial charge on any atom is 0.267 e. The van der Waals surface area contributed by atoms with Crippen LogP contribution in [0.4, 0.5) is 0 Å². The van der Waals surface area contributed by atoms with E-state index in [4.69, 9.17) is 0 Å². The first-order valence-corrected chi connectivity index (χ1v) is 5.64. The molecule has 2 unspecified atom stereocenters. The molecule has 1 aliphatic rings. The van der Waals surface area contributed by atoms with Crippen LogP contribution >= 0.6 is 0 Å². The molecule has 2 N–H and O–H groups in total. The van der Waals surface area contributed by atoms with E-state index in [1.807, 2.05) is 6.92 Å². The van der Waals surface area contributed by atoms with Crippen LogP contribution in [0.25, 0.3) is 0 Å². The number of aromatic amines is 1. The summed E-state index contributed by atoms with van der Waals surface area (Å²) in [7, 11) is 0. The Labute approximate surface area is 88.9 Å². The van der Waals surface area contributed by atoms with Crippen LogP contribution in [0.3, 0.4) is 0 Å². The van der Waals surface area contributed by atoms with Gasteiger partial charge in [0.1, 0.15) is 0 Å². The lowest BCUT2D eigenvalue weighted by Crippen LogP contribution is -2.30. The summed E-state index contributed by atoms with van der Waals surface area (Å²) in [4.78, 5) is 11.6. The molecule has 15 heavy (non-hydrogen) atoms. The smallest absolute Gasteiger partial charge is 0.267 e. The van der Waals surface area contributed by atoms with E-state index in [0.29, 0.717) is 0 Å². The molecule has 4 nitrogen and oxygen atoms in total. The quantitative estimate of drug-likeness (QED) is 0.687. The van der Waals surface area contributed by atoms with E-state index in [1.54, 1.807) is 10.7 Å². The van der Waals surface area contributed by atoms with Gasteiger partial charge in [0, 0.05) is 11.8 Å². The number of nitrogens with zero attached hydrogens (tertiary/aromatic N) is 1. The Hall–Kier alpha value is -1.03. The lowest BCUT2D eigenvalue weighted by molar-refractivity contribution is 0.0972. The van der Waals surface area contributed by atoms with Crippen molar-refractivity contribution in [2.24, 2.45) is 0 Å². The first-order valence-electron chi connectivity index (χ1n) is 5.64. The average molecular weight is 210 g/mol. The topological polar surface area (TPSA) is 58.0 Å². The fourth-order valence-corrected chi connectivity index (χ4v) is 2.35. The van der Waals surface area contributed by atoms with Gasteiger partial charge in [-0.3, -0.25) is 9.89 Å². The average Bonchev–Trinajstić information content (AvgIpc) is 2.39. The number of aromatic nitrogens is 2. The summed E-state index contributed by atoms with van der Waals surface area (Å²) in [6.07, 6.45) is 4.61. The zero-order chi connectivity index (χ0) is 10.8. The van der Waals surface area contributed by atoms with Gasteiger partial charge in [-0.1, -0.05) is 19.3 Å². The number of aliphatic hydroxyl groups is 1. The Morgan fingerprint density at radius 1 is 1.40 bits per heavy atom. The summed E-state index contributed by atoms with van der Waals surface area (Å²) < 4.78 is 1.59. The van der Waals surface area contributed by atoms with Gasteiger partial charge >= 0.3 is 0 Å². The van der Waals surface area contributed by atoms with Crippen LogP contribution in [0.1, 0.15) is 43.8 Å². The van der Waals surface area contributed by atoms with Crippen molar-refractivity contribution in [2.75, 3.05) is 0 Å². The summed E-state index contributed by atoms with van der Waals surface area (Å²) in [5, 5.41) is 13.0. The Morgan fingerprint density at radius 3 is 2.80 bits per heavy atom. The molecule has 4 heteroatoms. The number of hydrogen-bond acceptors (Lipinski definition) is 2. The van der Waals surface area contributed by atoms with Crippen molar-refractivity contribution < 1.29 is 5.11 Å². The van der Waals surface area contributed by atoms with Crippen LogP contribution in [0.5, 0.6) is 0 Å². The fourth-order valence-electron chi connectivity index (χ4n) is 2.35. The van der Waals surface area contributed by atoms with Crippen molar-refractivity contribution in [2.45, 2.75) is 51.2 Å². The van der Waals surface area contributed by atoms with Crippen LogP contribution in [0.2, 0.25) is 0 Å². The monoisotopic (exact) mass is 210 g/mol. The van der Waals surface area contributed by atoms with Crippen molar-refractivity contribution >= 4 is 0 Å². The molecular formula is C11H18N2O2. The predicted molar refractivity (Wildman–Crippen MR) is 57.9 cm³/mol. The summed E-state index contributed by atoms with van der Waals surface area (Å²) in [6, 6.07) is 1.52. The Balaban J connectivity index is 2.27. The largest absolute Gasteiger partial charge is 0.391 e. The van der Waals surface area contributed by atoms with Crippen molar-refractivity contribution in [1.29, 1.82) is 0 Å². The summed E-state index contributed by atoms with van der Waals surface area (Å²) in [5.41, 5.74) is 0.829. The van der Waals surface area contributed by atoms with Crippen molar-refractivity contribution in [1.82, 2.24) is 9.78 Å². The van der Waals surface area contributed by atoms with E-state index in [0.717, 1.165) is 37.8 Å². The zero-order valence-electron chi connectivity index (χ0n) is 9.07. The summed E-state index contributed by atoms with van der Waals surface area (Å²) >= 11 is 0. The summed E-state index contributed by atoms with van der Waals surface area (Å²) in [6.45, 7) is 1.86. The third kappa shape index (κ3) is 2.15. The van der Waals surface area contributed by atoms with Gasteiger partial charge < -0.3 is 5.11 Å². The number of nitrogens with one attached hydrogen (secondary N) is 1. The first-order chi connectivity index (χ1) is 7.18. The highest BCUT2D eigenvalue weighted by molar-refractivity contribution is 4.98. The maximum atomic E-state index is 11.6. The van der Waals surface area contributed by atoms with Gasteiger partial charge in [0.2, 0.25) is 0 Å². The van der Waals surface area contributed by atoms with E-state index in [2.05, 4.69) is 5.10 Å². The second-order valence-electron chi connectivity index (χ2n) is 4.42. The van der Waals surface area contributed by atoms with Gasteiger partial charge in [0.05, 0.1) is 12.1 Å². The molecule has 0 saturated heterocycles. The molecule has 1 heterocycles. The Morgan fingerprint density at radius 2 is 2.13 bits per heavy atom. The van der Waals surface area contributed by atoms with Crippen molar-refractivity contribution in [3.8, 4) is 0 Å². The minimum absolute atomic E-state index is 0.0292. The highest BCUT2D eigenvalue weighted by Crippen LogP contribution is 2.25. The van der Waals surface area contributed by atoms with E-state index < -0.39 is 0 Å². The van der Waals surface area contributed by atoms with Crippen molar-refractivity contribution in [3.63, 3.8) is 0 Å². The molecule has 0 aromatic carbocycles. The molecule has 1 fully saturated rings. The van der Waals surface area contributed by atoms with Crippen LogP contribution in [0, 0.1) is 6.92 Å². The van der Waals surface area contributed by atoms with Gasteiger partial charge in [-0.2, -0.15) is 0 Å². The summed E-state index contributed by atoms with van der Waals surface area (Å²) in [5.74, 6) is 0. The molecule has 1 aromatic rings. The van der Waals surface area contributed by atoms with Gasteiger partial charge in [-0.25, -0.2) is 4.68 Å². The number of aryl methyl sites for hydroxylation is 1. The molecule has 2 atom stereocenters.